The third-order valence-corrected chi connectivity index (χ3v) is 5.24. The summed E-state index contributed by atoms with van der Waals surface area (Å²) in [5, 5.41) is 10.3. The second kappa shape index (κ2) is 6.00. The number of benzene rings is 1. The lowest BCUT2D eigenvalue weighted by Gasteiger charge is -2.13. The zero-order chi connectivity index (χ0) is 13.1. The van der Waals surface area contributed by atoms with E-state index in [2.05, 4.69) is 35.0 Å². The van der Waals surface area contributed by atoms with E-state index in [1.165, 1.54) is 9.75 Å². The maximum absolute atomic E-state index is 10.3. The Labute approximate surface area is 121 Å². The molecular formula is C15H17BrOS. The molecule has 0 radical (unpaired) electrons. The number of aliphatic hydroxyl groups excluding tert-OH is 1. The molecule has 0 aliphatic rings. The Balaban J connectivity index is 2.16. The lowest BCUT2D eigenvalue weighted by Crippen LogP contribution is -2.03. The van der Waals surface area contributed by atoms with Gasteiger partial charge in [0.05, 0.1) is 6.10 Å². The van der Waals surface area contributed by atoms with E-state index in [1.807, 2.05) is 25.1 Å². The maximum atomic E-state index is 10.3. The summed E-state index contributed by atoms with van der Waals surface area (Å²) in [6.45, 7) is 4.19. The van der Waals surface area contributed by atoms with Crippen LogP contribution in [-0.2, 0) is 12.8 Å². The van der Waals surface area contributed by atoms with Crippen LogP contribution in [0.15, 0.2) is 34.8 Å². The first-order valence-electron chi connectivity index (χ1n) is 6.12. The van der Waals surface area contributed by atoms with Crippen LogP contribution in [0.1, 0.15) is 33.9 Å². The van der Waals surface area contributed by atoms with Gasteiger partial charge in [-0.3, -0.25) is 0 Å². The molecule has 0 amide bonds. The number of aryl methyl sites for hydroxylation is 1. The van der Waals surface area contributed by atoms with Crippen LogP contribution in [0.3, 0.4) is 0 Å². The molecule has 18 heavy (non-hydrogen) atoms. The summed E-state index contributed by atoms with van der Waals surface area (Å²) < 4.78 is 1.06. The van der Waals surface area contributed by atoms with Crippen LogP contribution in [0.5, 0.6) is 0 Å². The van der Waals surface area contributed by atoms with Crippen molar-refractivity contribution in [3.63, 3.8) is 0 Å². The van der Waals surface area contributed by atoms with Gasteiger partial charge < -0.3 is 5.11 Å². The zero-order valence-corrected chi connectivity index (χ0v) is 13.0. The molecule has 0 spiro atoms. The van der Waals surface area contributed by atoms with E-state index < -0.39 is 6.10 Å². The van der Waals surface area contributed by atoms with Crippen molar-refractivity contribution in [2.75, 3.05) is 0 Å². The Morgan fingerprint density at radius 3 is 2.61 bits per heavy atom. The summed E-state index contributed by atoms with van der Waals surface area (Å²) in [5.74, 6) is 0. The second-order valence-electron chi connectivity index (χ2n) is 4.40. The Kier molecular flexibility index (Phi) is 4.60. The lowest BCUT2D eigenvalue weighted by molar-refractivity contribution is 0.178. The molecule has 1 aromatic heterocycles. The van der Waals surface area contributed by atoms with Crippen molar-refractivity contribution in [2.24, 2.45) is 0 Å². The highest BCUT2D eigenvalue weighted by atomic mass is 79.9. The number of thiophene rings is 1. The van der Waals surface area contributed by atoms with Crippen molar-refractivity contribution in [3.8, 4) is 0 Å². The summed E-state index contributed by atoms with van der Waals surface area (Å²) in [4.78, 5) is 2.63. The molecule has 2 rings (SSSR count). The molecule has 0 bridgehead atoms. The number of hydrogen-bond acceptors (Lipinski definition) is 2. The number of halogens is 1. The topological polar surface area (TPSA) is 20.2 Å². The van der Waals surface area contributed by atoms with E-state index in [9.17, 15) is 5.11 Å². The fourth-order valence-electron chi connectivity index (χ4n) is 2.01. The first kappa shape index (κ1) is 13.8. The Morgan fingerprint density at radius 2 is 1.94 bits per heavy atom. The minimum atomic E-state index is -0.425. The van der Waals surface area contributed by atoms with Crippen LogP contribution in [0, 0.1) is 6.92 Å². The van der Waals surface area contributed by atoms with Crippen molar-refractivity contribution >= 4 is 27.3 Å². The average Bonchev–Trinajstić information content (AvgIpc) is 2.80. The summed E-state index contributed by atoms with van der Waals surface area (Å²) in [6, 6.07) is 10.3. The van der Waals surface area contributed by atoms with Gasteiger partial charge in [0.25, 0.3) is 0 Å². The van der Waals surface area contributed by atoms with Crippen molar-refractivity contribution in [1.82, 2.24) is 0 Å². The normalized spacial score (nSPS) is 12.7. The van der Waals surface area contributed by atoms with Gasteiger partial charge in [0.2, 0.25) is 0 Å². The Morgan fingerprint density at radius 1 is 1.22 bits per heavy atom. The lowest BCUT2D eigenvalue weighted by atomic mass is 10.0. The summed E-state index contributed by atoms with van der Waals surface area (Å²) in [5.41, 5.74) is 2.13. The minimum Gasteiger partial charge on any atom is -0.388 e. The molecule has 0 aliphatic heterocycles. The Bertz CT molecular complexity index is 533. The Hall–Kier alpha value is -0.640. The third-order valence-electron chi connectivity index (χ3n) is 3.13. The van der Waals surface area contributed by atoms with Gasteiger partial charge in [-0.2, -0.15) is 0 Å². The van der Waals surface area contributed by atoms with E-state index in [0.29, 0.717) is 6.42 Å². The van der Waals surface area contributed by atoms with E-state index in [-0.39, 0.29) is 0 Å². The van der Waals surface area contributed by atoms with Gasteiger partial charge in [-0.15, -0.1) is 11.3 Å². The highest BCUT2D eigenvalue weighted by molar-refractivity contribution is 9.10. The molecule has 0 saturated heterocycles. The van der Waals surface area contributed by atoms with Gasteiger partial charge in [0.15, 0.2) is 0 Å². The molecule has 3 heteroatoms. The van der Waals surface area contributed by atoms with E-state index in [0.717, 1.165) is 22.0 Å². The zero-order valence-electron chi connectivity index (χ0n) is 10.6. The molecule has 1 atom stereocenters. The molecule has 1 unspecified atom stereocenters. The second-order valence-corrected chi connectivity index (χ2v) is 6.50. The third kappa shape index (κ3) is 3.02. The summed E-state index contributed by atoms with van der Waals surface area (Å²) in [7, 11) is 0. The molecule has 1 N–H and O–H groups in total. The largest absolute Gasteiger partial charge is 0.388 e. The molecule has 1 nitrogen and oxygen atoms in total. The minimum absolute atomic E-state index is 0.425. The van der Waals surface area contributed by atoms with Crippen molar-refractivity contribution in [1.29, 1.82) is 0 Å². The predicted octanol–water partition coefficient (Wildman–Crippen LogP) is 4.66. The summed E-state index contributed by atoms with van der Waals surface area (Å²) in [6.07, 6.45) is 1.34. The van der Waals surface area contributed by atoms with Crippen LogP contribution < -0.4 is 0 Å². The summed E-state index contributed by atoms with van der Waals surface area (Å²) >= 11 is 5.30. The first-order valence-corrected chi connectivity index (χ1v) is 7.73. The van der Waals surface area contributed by atoms with Crippen molar-refractivity contribution in [2.45, 2.75) is 32.8 Å². The van der Waals surface area contributed by atoms with E-state index in [4.69, 9.17) is 0 Å². The standard InChI is InChI=1S/C15H17BrOS/c1-3-11-7-8-12(18-11)9-15(17)13-5-4-6-14(16)10(13)2/h4-8,15,17H,3,9H2,1-2H3. The van der Waals surface area contributed by atoms with Gasteiger partial charge >= 0.3 is 0 Å². The van der Waals surface area contributed by atoms with E-state index in [1.54, 1.807) is 11.3 Å². The van der Waals surface area contributed by atoms with Gasteiger partial charge in [-0.1, -0.05) is 35.0 Å². The highest BCUT2D eigenvalue weighted by Crippen LogP contribution is 2.28. The molecule has 1 aromatic carbocycles. The molecule has 0 aliphatic carbocycles. The SMILES string of the molecule is CCc1ccc(CC(O)c2cccc(Br)c2C)s1. The molecule has 2 aromatic rings. The molecule has 1 heterocycles. The van der Waals surface area contributed by atoms with Gasteiger partial charge in [-0.05, 0) is 42.7 Å². The van der Waals surface area contributed by atoms with Crippen LogP contribution in [0.25, 0.3) is 0 Å². The van der Waals surface area contributed by atoms with Gasteiger partial charge in [-0.25, -0.2) is 0 Å². The van der Waals surface area contributed by atoms with Crippen LogP contribution in [0.4, 0.5) is 0 Å². The first-order chi connectivity index (χ1) is 8.61. The number of hydrogen-bond donors (Lipinski definition) is 1. The predicted molar refractivity (Wildman–Crippen MR) is 81.2 cm³/mol. The van der Waals surface area contributed by atoms with Crippen molar-refractivity contribution < 1.29 is 5.11 Å². The highest BCUT2D eigenvalue weighted by Gasteiger charge is 2.13. The number of rotatable bonds is 4. The number of aliphatic hydroxyl groups is 1. The maximum Gasteiger partial charge on any atom is 0.0841 e. The molecular weight excluding hydrogens is 308 g/mol. The van der Waals surface area contributed by atoms with Gasteiger partial charge in [0.1, 0.15) is 0 Å². The van der Waals surface area contributed by atoms with Gasteiger partial charge in [0, 0.05) is 20.6 Å². The molecule has 0 fully saturated rings. The monoisotopic (exact) mass is 324 g/mol. The van der Waals surface area contributed by atoms with Crippen LogP contribution in [0.2, 0.25) is 0 Å². The smallest absolute Gasteiger partial charge is 0.0841 e. The van der Waals surface area contributed by atoms with Crippen LogP contribution >= 0.6 is 27.3 Å². The fourth-order valence-corrected chi connectivity index (χ4v) is 3.38. The molecule has 0 saturated carbocycles. The quantitative estimate of drug-likeness (QED) is 0.867. The van der Waals surface area contributed by atoms with Crippen LogP contribution in [-0.4, -0.2) is 5.11 Å². The fraction of sp³-hybridized carbons (Fsp3) is 0.333. The van der Waals surface area contributed by atoms with Crippen molar-refractivity contribution in [3.05, 3.63) is 55.7 Å². The van der Waals surface area contributed by atoms with E-state index >= 15 is 0 Å². The molecule has 96 valence electrons. The average molecular weight is 325 g/mol.